The van der Waals surface area contributed by atoms with Crippen molar-refractivity contribution < 1.29 is 9.53 Å². The molecule has 1 N–H and O–H groups in total. The predicted molar refractivity (Wildman–Crippen MR) is 104 cm³/mol. The highest BCUT2D eigenvalue weighted by atomic mass is 32.1. The number of nitrogens with zero attached hydrogens (tertiary/aromatic N) is 2. The molecular weight excluding hydrogens is 346 g/mol. The van der Waals surface area contributed by atoms with E-state index in [2.05, 4.69) is 46.4 Å². The number of benzene rings is 1. The van der Waals surface area contributed by atoms with E-state index in [9.17, 15) is 4.79 Å². The fourth-order valence-electron chi connectivity index (χ4n) is 3.15. The SMILES string of the molecule is CCc1nc(C)c(CNC(=O)C[C@@H]2CN(Cc3ccccc3)CCO2)s1. The molecule has 0 spiro atoms. The van der Waals surface area contributed by atoms with Crippen LogP contribution in [0.4, 0.5) is 0 Å². The Morgan fingerprint density at radius 3 is 2.92 bits per heavy atom. The molecule has 0 radical (unpaired) electrons. The van der Waals surface area contributed by atoms with Gasteiger partial charge in [-0.25, -0.2) is 4.98 Å². The minimum absolute atomic E-state index is 0.0405. The first-order valence-electron chi connectivity index (χ1n) is 9.23. The molecule has 3 rings (SSSR count). The van der Waals surface area contributed by atoms with Gasteiger partial charge < -0.3 is 10.1 Å². The van der Waals surface area contributed by atoms with Gasteiger partial charge in [-0.3, -0.25) is 9.69 Å². The first kappa shape index (κ1) is 19.0. The van der Waals surface area contributed by atoms with Gasteiger partial charge in [-0.05, 0) is 18.9 Å². The molecule has 1 aliphatic rings. The average Bonchev–Trinajstić information content (AvgIpc) is 3.01. The summed E-state index contributed by atoms with van der Waals surface area (Å²) in [5.41, 5.74) is 2.32. The van der Waals surface area contributed by atoms with E-state index < -0.39 is 0 Å². The lowest BCUT2D eigenvalue weighted by Crippen LogP contribution is -2.44. The van der Waals surface area contributed by atoms with E-state index in [-0.39, 0.29) is 12.0 Å². The van der Waals surface area contributed by atoms with Gasteiger partial charge in [0.2, 0.25) is 5.91 Å². The van der Waals surface area contributed by atoms with Gasteiger partial charge >= 0.3 is 0 Å². The summed E-state index contributed by atoms with van der Waals surface area (Å²) in [6.07, 6.45) is 1.30. The summed E-state index contributed by atoms with van der Waals surface area (Å²) in [6.45, 7) is 7.95. The molecule has 0 aliphatic carbocycles. The van der Waals surface area contributed by atoms with Gasteiger partial charge in [0.05, 0.1) is 36.4 Å². The number of rotatable bonds is 7. The van der Waals surface area contributed by atoms with Crippen LogP contribution >= 0.6 is 11.3 Å². The normalized spacial score (nSPS) is 18.0. The van der Waals surface area contributed by atoms with Gasteiger partial charge in [-0.1, -0.05) is 37.3 Å². The summed E-state index contributed by atoms with van der Waals surface area (Å²) in [4.78, 5) is 20.3. The summed E-state index contributed by atoms with van der Waals surface area (Å²) >= 11 is 1.68. The zero-order valence-electron chi connectivity index (χ0n) is 15.5. The maximum absolute atomic E-state index is 12.3. The Bertz CT molecular complexity index is 717. The summed E-state index contributed by atoms with van der Waals surface area (Å²) in [5.74, 6) is 0.0439. The fourth-order valence-corrected chi connectivity index (χ4v) is 4.10. The Morgan fingerprint density at radius 1 is 1.38 bits per heavy atom. The van der Waals surface area contributed by atoms with Crippen molar-refractivity contribution in [2.45, 2.75) is 45.9 Å². The molecule has 140 valence electrons. The number of aromatic nitrogens is 1. The number of thiazole rings is 1. The summed E-state index contributed by atoms with van der Waals surface area (Å²) in [7, 11) is 0. The quantitative estimate of drug-likeness (QED) is 0.811. The molecule has 2 heterocycles. The number of hydrogen-bond acceptors (Lipinski definition) is 5. The third-order valence-electron chi connectivity index (χ3n) is 4.57. The molecule has 26 heavy (non-hydrogen) atoms. The molecule has 1 saturated heterocycles. The molecular formula is C20H27N3O2S. The van der Waals surface area contributed by atoms with Crippen molar-refractivity contribution in [1.82, 2.24) is 15.2 Å². The van der Waals surface area contributed by atoms with Gasteiger partial charge in [0.25, 0.3) is 0 Å². The average molecular weight is 374 g/mol. The highest BCUT2D eigenvalue weighted by Gasteiger charge is 2.23. The van der Waals surface area contributed by atoms with E-state index in [1.807, 2.05) is 13.0 Å². The number of amides is 1. The van der Waals surface area contributed by atoms with Crippen molar-refractivity contribution in [1.29, 1.82) is 0 Å². The zero-order valence-corrected chi connectivity index (χ0v) is 16.3. The molecule has 2 aromatic rings. The lowest BCUT2D eigenvalue weighted by atomic mass is 10.1. The van der Waals surface area contributed by atoms with Gasteiger partial charge in [0.15, 0.2) is 0 Å². The van der Waals surface area contributed by atoms with Gasteiger partial charge in [0.1, 0.15) is 0 Å². The molecule has 1 fully saturated rings. The molecule has 6 heteroatoms. The largest absolute Gasteiger partial charge is 0.375 e. The van der Waals surface area contributed by atoms with Gasteiger partial charge in [-0.15, -0.1) is 11.3 Å². The van der Waals surface area contributed by atoms with Crippen LogP contribution in [-0.4, -0.2) is 41.6 Å². The van der Waals surface area contributed by atoms with Crippen LogP contribution in [0, 0.1) is 6.92 Å². The van der Waals surface area contributed by atoms with Crippen LogP contribution in [0.5, 0.6) is 0 Å². The van der Waals surface area contributed by atoms with Crippen LogP contribution in [-0.2, 0) is 29.0 Å². The maximum Gasteiger partial charge on any atom is 0.222 e. The number of ether oxygens (including phenoxy) is 1. The predicted octanol–water partition coefficient (Wildman–Crippen LogP) is 2.92. The molecule has 0 bridgehead atoms. The second kappa shape index (κ2) is 9.26. The smallest absolute Gasteiger partial charge is 0.222 e. The molecule has 0 saturated carbocycles. The van der Waals surface area contributed by atoms with Gasteiger partial charge in [-0.2, -0.15) is 0 Å². The number of morpholine rings is 1. The Kier molecular flexibility index (Phi) is 6.77. The van der Waals surface area contributed by atoms with E-state index in [0.29, 0.717) is 19.6 Å². The monoisotopic (exact) mass is 373 g/mol. The summed E-state index contributed by atoms with van der Waals surface area (Å²) in [6, 6.07) is 10.4. The van der Waals surface area contributed by atoms with Crippen LogP contribution in [0.25, 0.3) is 0 Å². The van der Waals surface area contributed by atoms with E-state index in [4.69, 9.17) is 4.74 Å². The second-order valence-corrected chi connectivity index (χ2v) is 7.83. The standard InChI is InChI=1S/C20H27N3O2S/c1-3-20-22-15(2)18(26-20)12-21-19(24)11-17-14-23(9-10-25-17)13-16-7-5-4-6-8-16/h4-8,17H,3,9-14H2,1-2H3,(H,21,24)/t17-/m1/s1. The lowest BCUT2D eigenvalue weighted by molar-refractivity contribution is -0.126. The van der Waals surface area contributed by atoms with Crippen molar-refractivity contribution in [3.8, 4) is 0 Å². The number of nitrogens with one attached hydrogen (secondary N) is 1. The van der Waals surface area contributed by atoms with Crippen LogP contribution in [0.15, 0.2) is 30.3 Å². The summed E-state index contributed by atoms with van der Waals surface area (Å²) < 4.78 is 5.80. The third-order valence-corrected chi connectivity index (χ3v) is 5.87. The number of hydrogen-bond donors (Lipinski definition) is 1. The summed E-state index contributed by atoms with van der Waals surface area (Å²) in [5, 5.41) is 4.15. The first-order chi connectivity index (χ1) is 12.6. The molecule has 1 aromatic carbocycles. The minimum atomic E-state index is -0.0405. The van der Waals surface area contributed by atoms with Crippen molar-refractivity contribution in [2.75, 3.05) is 19.7 Å². The molecule has 1 atom stereocenters. The van der Waals surface area contributed by atoms with E-state index in [1.165, 1.54) is 5.56 Å². The topological polar surface area (TPSA) is 54.5 Å². The van der Waals surface area contributed by atoms with E-state index in [1.54, 1.807) is 11.3 Å². The Morgan fingerprint density at radius 2 is 2.19 bits per heavy atom. The Balaban J connectivity index is 1.45. The van der Waals surface area contributed by atoms with Crippen molar-refractivity contribution in [3.05, 3.63) is 51.5 Å². The molecule has 1 amide bonds. The lowest BCUT2D eigenvalue weighted by Gasteiger charge is -2.32. The molecule has 1 aromatic heterocycles. The minimum Gasteiger partial charge on any atom is -0.375 e. The fraction of sp³-hybridized carbons (Fsp3) is 0.500. The van der Waals surface area contributed by atoms with E-state index in [0.717, 1.165) is 41.6 Å². The first-order valence-corrected chi connectivity index (χ1v) is 10.1. The molecule has 0 unspecified atom stereocenters. The van der Waals surface area contributed by atoms with Crippen LogP contribution in [0.2, 0.25) is 0 Å². The zero-order chi connectivity index (χ0) is 18.4. The van der Waals surface area contributed by atoms with Crippen LogP contribution < -0.4 is 5.32 Å². The Hall–Kier alpha value is -1.76. The highest BCUT2D eigenvalue weighted by Crippen LogP contribution is 2.18. The highest BCUT2D eigenvalue weighted by molar-refractivity contribution is 7.11. The van der Waals surface area contributed by atoms with Crippen molar-refractivity contribution in [2.24, 2.45) is 0 Å². The Labute approximate surface area is 159 Å². The van der Waals surface area contributed by atoms with E-state index >= 15 is 0 Å². The second-order valence-electron chi connectivity index (χ2n) is 6.66. The van der Waals surface area contributed by atoms with Crippen LogP contribution in [0.1, 0.15) is 34.5 Å². The number of carbonyl (C=O) groups excluding carboxylic acids is 1. The number of aryl methyl sites for hydroxylation is 2. The van der Waals surface area contributed by atoms with Gasteiger partial charge in [0, 0.05) is 24.5 Å². The number of carbonyl (C=O) groups is 1. The molecule has 5 nitrogen and oxygen atoms in total. The van der Waals surface area contributed by atoms with Crippen molar-refractivity contribution in [3.63, 3.8) is 0 Å². The van der Waals surface area contributed by atoms with Crippen LogP contribution in [0.3, 0.4) is 0 Å². The maximum atomic E-state index is 12.3. The molecule has 1 aliphatic heterocycles. The third kappa shape index (κ3) is 5.37. The van der Waals surface area contributed by atoms with Crippen molar-refractivity contribution >= 4 is 17.2 Å².